The molecule has 32 heavy (non-hydrogen) atoms. The molecule has 170 valence electrons. The van der Waals surface area contributed by atoms with Crippen LogP contribution in [0.5, 0.6) is 0 Å². The summed E-state index contributed by atoms with van der Waals surface area (Å²) in [5, 5.41) is 3.04. The van der Waals surface area contributed by atoms with E-state index in [-0.39, 0.29) is 11.8 Å². The number of carbonyl (C=O) groups excluding carboxylic acids is 1. The van der Waals surface area contributed by atoms with E-state index in [1.807, 2.05) is 37.3 Å². The summed E-state index contributed by atoms with van der Waals surface area (Å²) in [6, 6.07) is 14.6. The van der Waals surface area contributed by atoms with Crippen LogP contribution in [0.4, 0.5) is 5.69 Å². The molecular formula is C28H36N2O2. The molecule has 2 aromatic rings. The molecule has 4 heteroatoms. The quantitative estimate of drug-likeness (QED) is 0.518. The fraction of sp³-hybridized carbons (Fsp3) is 0.393. The highest BCUT2D eigenvalue weighted by atomic mass is 16.5. The number of nitrogens with two attached hydrogens (primary N) is 1. The highest BCUT2D eigenvalue weighted by Crippen LogP contribution is 2.30. The molecule has 0 spiro atoms. The SMILES string of the molecule is C/C=C\C=C(/N)C(Cc1ccc(NC(=O)CC2CCOCC2)cc1)c1cccc(C)c1C. The van der Waals surface area contributed by atoms with Crippen LogP contribution >= 0.6 is 0 Å². The van der Waals surface area contributed by atoms with Gasteiger partial charge in [0.15, 0.2) is 0 Å². The van der Waals surface area contributed by atoms with E-state index in [0.29, 0.717) is 12.3 Å². The van der Waals surface area contributed by atoms with Crippen LogP contribution in [0.2, 0.25) is 0 Å². The van der Waals surface area contributed by atoms with E-state index in [1.54, 1.807) is 0 Å². The topological polar surface area (TPSA) is 64.3 Å². The van der Waals surface area contributed by atoms with Gasteiger partial charge in [0.05, 0.1) is 0 Å². The van der Waals surface area contributed by atoms with E-state index in [9.17, 15) is 4.79 Å². The molecule has 1 amide bonds. The average molecular weight is 433 g/mol. The number of amides is 1. The third-order valence-electron chi connectivity index (χ3n) is 6.40. The summed E-state index contributed by atoms with van der Waals surface area (Å²) in [6.07, 6.45) is 9.28. The summed E-state index contributed by atoms with van der Waals surface area (Å²) in [5.74, 6) is 0.602. The molecule has 0 bridgehead atoms. The Hall–Kier alpha value is -2.85. The van der Waals surface area contributed by atoms with Gasteiger partial charge in [-0.25, -0.2) is 0 Å². The molecular weight excluding hydrogens is 396 g/mol. The van der Waals surface area contributed by atoms with E-state index in [2.05, 4.69) is 49.5 Å². The number of allylic oxidation sites excluding steroid dienone is 4. The van der Waals surface area contributed by atoms with Gasteiger partial charge in [-0.3, -0.25) is 4.79 Å². The van der Waals surface area contributed by atoms with Crippen LogP contribution in [0.1, 0.15) is 54.4 Å². The first-order chi connectivity index (χ1) is 15.5. The molecule has 3 N–H and O–H groups in total. The molecule has 0 aliphatic carbocycles. The molecule has 1 fully saturated rings. The molecule has 0 saturated carbocycles. The summed E-state index contributed by atoms with van der Waals surface area (Å²) >= 11 is 0. The largest absolute Gasteiger partial charge is 0.402 e. The van der Waals surface area contributed by atoms with Crippen molar-refractivity contribution in [2.45, 2.75) is 52.4 Å². The Balaban J connectivity index is 1.71. The number of aryl methyl sites for hydroxylation is 1. The normalized spacial score (nSPS) is 16.3. The van der Waals surface area contributed by atoms with Crippen molar-refractivity contribution in [3.05, 3.63) is 88.6 Å². The third-order valence-corrected chi connectivity index (χ3v) is 6.40. The van der Waals surface area contributed by atoms with Crippen LogP contribution < -0.4 is 11.1 Å². The zero-order valence-corrected chi connectivity index (χ0v) is 19.6. The number of ether oxygens (including phenoxy) is 1. The van der Waals surface area contributed by atoms with Crippen molar-refractivity contribution in [2.24, 2.45) is 11.7 Å². The maximum atomic E-state index is 12.4. The summed E-state index contributed by atoms with van der Waals surface area (Å²) in [7, 11) is 0. The second kappa shape index (κ2) is 11.7. The molecule has 1 heterocycles. The lowest BCUT2D eigenvalue weighted by Crippen LogP contribution is -2.22. The van der Waals surface area contributed by atoms with Gasteiger partial charge in [-0.05, 0) is 86.4 Å². The van der Waals surface area contributed by atoms with Crippen molar-refractivity contribution < 1.29 is 9.53 Å². The molecule has 4 nitrogen and oxygen atoms in total. The lowest BCUT2D eigenvalue weighted by molar-refractivity contribution is -0.117. The van der Waals surface area contributed by atoms with E-state index < -0.39 is 0 Å². The van der Waals surface area contributed by atoms with Crippen molar-refractivity contribution in [1.29, 1.82) is 0 Å². The van der Waals surface area contributed by atoms with Gasteiger partial charge in [-0.1, -0.05) is 42.5 Å². The average Bonchev–Trinajstić information content (AvgIpc) is 2.79. The molecule has 0 radical (unpaired) electrons. The van der Waals surface area contributed by atoms with Gasteiger partial charge in [0.25, 0.3) is 0 Å². The minimum atomic E-state index is 0.0800. The van der Waals surface area contributed by atoms with E-state index in [1.165, 1.54) is 22.3 Å². The second-order valence-corrected chi connectivity index (χ2v) is 8.74. The fourth-order valence-corrected chi connectivity index (χ4v) is 4.27. The number of nitrogens with one attached hydrogen (secondary N) is 1. The van der Waals surface area contributed by atoms with Gasteiger partial charge in [0.1, 0.15) is 0 Å². The van der Waals surface area contributed by atoms with Gasteiger partial charge in [-0.15, -0.1) is 0 Å². The molecule has 1 aliphatic rings. The van der Waals surface area contributed by atoms with Crippen LogP contribution in [0.3, 0.4) is 0 Å². The minimum Gasteiger partial charge on any atom is -0.402 e. The van der Waals surface area contributed by atoms with Crippen molar-refractivity contribution in [3.8, 4) is 0 Å². The van der Waals surface area contributed by atoms with Gasteiger partial charge < -0.3 is 15.8 Å². The zero-order chi connectivity index (χ0) is 22.9. The lowest BCUT2D eigenvalue weighted by Gasteiger charge is -2.22. The fourth-order valence-electron chi connectivity index (χ4n) is 4.27. The Morgan fingerprint density at radius 1 is 1.16 bits per heavy atom. The van der Waals surface area contributed by atoms with E-state index in [0.717, 1.165) is 43.9 Å². The summed E-state index contributed by atoms with van der Waals surface area (Å²) in [5.41, 5.74) is 13.2. The Kier molecular flexibility index (Phi) is 8.69. The number of hydrogen-bond donors (Lipinski definition) is 2. The molecule has 2 aromatic carbocycles. The highest BCUT2D eigenvalue weighted by molar-refractivity contribution is 5.90. The zero-order valence-electron chi connectivity index (χ0n) is 19.6. The first kappa shape index (κ1) is 23.8. The van der Waals surface area contributed by atoms with Crippen molar-refractivity contribution in [1.82, 2.24) is 0 Å². The van der Waals surface area contributed by atoms with E-state index in [4.69, 9.17) is 10.5 Å². The van der Waals surface area contributed by atoms with Crippen LogP contribution in [-0.4, -0.2) is 19.1 Å². The summed E-state index contributed by atoms with van der Waals surface area (Å²) < 4.78 is 5.38. The third kappa shape index (κ3) is 6.57. The monoisotopic (exact) mass is 432 g/mol. The maximum Gasteiger partial charge on any atom is 0.224 e. The number of anilines is 1. The highest BCUT2D eigenvalue weighted by Gasteiger charge is 2.19. The van der Waals surface area contributed by atoms with Crippen molar-refractivity contribution >= 4 is 11.6 Å². The number of hydrogen-bond acceptors (Lipinski definition) is 3. The second-order valence-electron chi connectivity index (χ2n) is 8.74. The molecule has 1 saturated heterocycles. The van der Waals surface area contributed by atoms with Crippen molar-refractivity contribution in [3.63, 3.8) is 0 Å². The van der Waals surface area contributed by atoms with Crippen LogP contribution in [0.25, 0.3) is 0 Å². The Morgan fingerprint density at radius 2 is 1.88 bits per heavy atom. The Labute approximate surface area is 192 Å². The first-order valence-corrected chi connectivity index (χ1v) is 11.6. The molecule has 1 atom stereocenters. The maximum absolute atomic E-state index is 12.4. The summed E-state index contributed by atoms with van der Waals surface area (Å²) in [4.78, 5) is 12.4. The van der Waals surface area contributed by atoms with E-state index >= 15 is 0 Å². The number of rotatable bonds is 8. The molecule has 1 aliphatic heterocycles. The predicted octanol–water partition coefficient (Wildman–Crippen LogP) is 5.80. The number of carbonyl (C=O) groups is 1. The molecule has 3 rings (SSSR count). The van der Waals surface area contributed by atoms with Crippen LogP contribution in [0, 0.1) is 19.8 Å². The number of benzene rings is 2. The Morgan fingerprint density at radius 3 is 2.56 bits per heavy atom. The first-order valence-electron chi connectivity index (χ1n) is 11.6. The minimum absolute atomic E-state index is 0.0800. The standard InChI is InChI=1S/C28H36N2O2/c1-4-5-9-27(29)26(25-8-6-7-20(2)21(25)3)18-22-10-12-24(13-11-22)30-28(31)19-23-14-16-32-17-15-23/h4-13,23,26H,14-19,29H2,1-3H3,(H,30,31)/b5-4-,27-9-. The Bertz CT molecular complexity index is 954. The predicted molar refractivity (Wildman–Crippen MR) is 133 cm³/mol. The van der Waals surface area contributed by atoms with Gasteiger partial charge >= 0.3 is 0 Å². The summed E-state index contributed by atoms with van der Waals surface area (Å²) in [6.45, 7) is 7.82. The van der Waals surface area contributed by atoms with Crippen molar-refractivity contribution in [2.75, 3.05) is 18.5 Å². The molecule has 0 aromatic heterocycles. The van der Waals surface area contributed by atoms with Gasteiger partial charge in [0.2, 0.25) is 5.91 Å². The molecule has 1 unspecified atom stereocenters. The van der Waals surface area contributed by atoms with Crippen LogP contribution in [-0.2, 0) is 16.0 Å². The van der Waals surface area contributed by atoms with Crippen LogP contribution in [0.15, 0.2) is 66.4 Å². The smallest absolute Gasteiger partial charge is 0.224 e. The van der Waals surface area contributed by atoms with Gasteiger partial charge in [-0.2, -0.15) is 0 Å². The lowest BCUT2D eigenvalue weighted by atomic mass is 9.85. The van der Waals surface area contributed by atoms with Gasteiger partial charge in [0, 0.05) is 36.9 Å².